The van der Waals surface area contributed by atoms with Crippen molar-refractivity contribution in [2.45, 2.75) is 13.8 Å². The predicted molar refractivity (Wildman–Crippen MR) is 80.0 cm³/mol. The van der Waals surface area contributed by atoms with E-state index >= 15 is 0 Å². The van der Waals surface area contributed by atoms with Crippen molar-refractivity contribution in [1.82, 2.24) is 10.2 Å². The minimum atomic E-state index is -0.246. The second kappa shape index (κ2) is 7.25. The Morgan fingerprint density at radius 1 is 1.33 bits per heavy atom. The van der Waals surface area contributed by atoms with Crippen molar-refractivity contribution in [3.05, 3.63) is 19.2 Å². The van der Waals surface area contributed by atoms with E-state index in [2.05, 4.69) is 37.2 Å². The van der Waals surface area contributed by atoms with Crippen molar-refractivity contribution >= 4 is 55.0 Å². The number of carbonyl (C=O) groups is 2. The second-order valence-corrected chi connectivity index (χ2v) is 7.24. The zero-order valence-electron chi connectivity index (χ0n) is 10.1. The molecule has 0 saturated heterocycles. The molecule has 1 heterocycles. The van der Waals surface area contributed by atoms with Gasteiger partial charge in [0.1, 0.15) is 0 Å². The molecule has 0 bridgehead atoms. The molecule has 2 amide bonds. The maximum atomic E-state index is 11.9. The number of hydrogen-bond acceptors (Lipinski definition) is 3. The average Bonchev–Trinajstić information content (AvgIpc) is 2.67. The number of nitrogens with zero attached hydrogens (tertiary/aromatic N) is 1. The lowest BCUT2D eigenvalue weighted by Gasteiger charge is -2.18. The summed E-state index contributed by atoms with van der Waals surface area (Å²) in [4.78, 5) is 25.3. The lowest BCUT2D eigenvalue weighted by Crippen LogP contribution is -2.39. The zero-order valence-corrected chi connectivity index (χ0v) is 14.1. The molecular formula is C11H14Br2N2O2S. The van der Waals surface area contributed by atoms with E-state index in [0.717, 1.165) is 7.57 Å². The molecule has 0 aliphatic carbocycles. The summed E-state index contributed by atoms with van der Waals surface area (Å²) in [6, 6.07) is 1.73. The van der Waals surface area contributed by atoms with E-state index in [1.807, 2.05) is 13.8 Å². The molecule has 1 aromatic rings. The Hall–Kier alpha value is -0.400. The summed E-state index contributed by atoms with van der Waals surface area (Å²) < 4.78 is 1.62. The van der Waals surface area contributed by atoms with E-state index < -0.39 is 0 Å². The van der Waals surface area contributed by atoms with Crippen molar-refractivity contribution < 1.29 is 9.59 Å². The standard InChI is InChI=1S/C11H14Br2N2O2S/c1-3-15(4-2)9(16)6-14-11(17)7-5-8(12)18-10(7)13/h5H,3-4,6H2,1-2H3,(H,14,17). The number of carbonyl (C=O) groups excluding carboxylic acids is 2. The Kier molecular flexibility index (Phi) is 6.31. The van der Waals surface area contributed by atoms with E-state index in [0.29, 0.717) is 18.7 Å². The molecule has 1 N–H and O–H groups in total. The lowest BCUT2D eigenvalue weighted by atomic mass is 10.3. The van der Waals surface area contributed by atoms with Crippen molar-refractivity contribution in [1.29, 1.82) is 0 Å². The van der Waals surface area contributed by atoms with Crippen molar-refractivity contribution in [3.8, 4) is 0 Å². The number of halogens is 2. The van der Waals surface area contributed by atoms with Crippen LogP contribution in [0.15, 0.2) is 13.6 Å². The van der Waals surface area contributed by atoms with Crippen LogP contribution in [0, 0.1) is 0 Å². The van der Waals surface area contributed by atoms with Crippen LogP contribution in [0.25, 0.3) is 0 Å². The fraction of sp³-hybridized carbons (Fsp3) is 0.455. The van der Waals surface area contributed by atoms with Crippen LogP contribution in [0.4, 0.5) is 0 Å². The van der Waals surface area contributed by atoms with Gasteiger partial charge in [0.25, 0.3) is 5.91 Å². The Balaban J connectivity index is 2.56. The zero-order chi connectivity index (χ0) is 13.7. The summed E-state index contributed by atoms with van der Waals surface area (Å²) >= 11 is 8.05. The highest BCUT2D eigenvalue weighted by atomic mass is 79.9. The summed E-state index contributed by atoms with van der Waals surface area (Å²) in [6.45, 7) is 5.16. The molecule has 18 heavy (non-hydrogen) atoms. The van der Waals surface area contributed by atoms with Gasteiger partial charge in [-0.2, -0.15) is 0 Å². The molecule has 1 aromatic heterocycles. The molecule has 100 valence electrons. The van der Waals surface area contributed by atoms with Crippen LogP contribution in [-0.4, -0.2) is 36.3 Å². The molecule has 0 saturated carbocycles. The normalized spacial score (nSPS) is 10.2. The molecule has 0 aliphatic heterocycles. The first-order valence-corrected chi connectivity index (χ1v) is 7.90. The highest BCUT2D eigenvalue weighted by molar-refractivity contribution is 9.12. The first-order chi connectivity index (χ1) is 8.49. The third-order valence-electron chi connectivity index (χ3n) is 2.42. The highest BCUT2D eigenvalue weighted by Gasteiger charge is 2.16. The molecule has 0 atom stereocenters. The first kappa shape index (κ1) is 15.7. The van der Waals surface area contributed by atoms with Gasteiger partial charge in [-0.15, -0.1) is 11.3 Å². The summed E-state index contributed by atoms with van der Waals surface area (Å²) in [6.07, 6.45) is 0. The molecule has 0 aromatic carbocycles. The fourth-order valence-corrected chi connectivity index (χ4v) is 4.23. The Morgan fingerprint density at radius 3 is 2.39 bits per heavy atom. The minimum Gasteiger partial charge on any atom is -0.343 e. The Labute approximate surface area is 127 Å². The van der Waals surface area contributed by atoms with Crippen LogP contribution in [0.2, 0.25) is 0 Å². The van der Waals surface area contributed by atoms with Crippen LogP contribution < -0.4 is 5.32 Å². The minimum absolute atomic E-state index is 0.0282. The first-order valence-electron chi connectivity index (χ1n) is 5.50. The molecule has 0 fully saturated rings. The van der Waals surface area contributed by atoms with Gasteiger partial charge in [-0.05, 0) is 51.8 Å². The van der Waals surface area contributed by atoms with Crippen LogP contribution in [-0.2, 0) is 4.79 Å². The van der Waals surface area contributed by atoms with Gasteiger partial charge in [-0.3, -0.25) is 9.59 Å². The van der Waals surface area contributed by atoms with Crippen LogP contribution in [0.5, 0.6) is 0 Å². The highest BCUT2D eigenvalue weighted by Crippen LogP contribution is 2.31. The third kappa shape index (κ3) is 4.07. The van der Waals surface area contributed by atoms with E-state index in [-0.39, 0.29) is 18.4 Å². The molecule has 0 spiro atoms. The number of likely N-dealkylation sites (N-methyl/N-ethyl adjacent to an activating group) is 1. The van der Waals surface area contributed by atoms with E-state index in [1.54, 1.807) is 11.0 Å². The largest absolute Gasteiger partial charge is 0.343 e. The van der Waals surface area contributed by atoms with Gasteiger partial charge >= 0.3 is 0 Å². The van der Waals surface area contributed by atoms with Crippen molar-refractivity contribution in [3.63, 3.8) is 0 Å². The summed E-state index contributed by atoms with van der Waals surface area (Å²) in [5.41, 5.74) is 0.541. The molecule has 1 rings (SSSR count). The van der Waals surface area contributed by atoms with Gasteiger partial charge in [0, 0.05) is 13.1 Å². The number of rotatable bonds is 5. The monoisotopic (exact) mass is 396 g/mol. The third-order valence-corrected chi connectivity index (χ3v) is 4.76. The van der Waals surface area contributed by atoms with Crippen LogP contribution >= 0.6 is 43.2 Å². The van der Waals surface area contributed by atoms with Gasteiger partial charge in [-0.1, -0.05) is 0 Å². The van der Waals surface area contributed by atoms with Gasteiger partial charge in [0.15, 0.2) is 0 Å². The molecule has 0 unspecified atom stereocenters. The molecular weight excluding hydrogens is 384 g/mol. The summed E-state index contributed by atoms with van der Waals surface area (Å²) in [7, 11) is 0. The molecule has 0 aliphatic rings. The van der Waals surface area contributed by atoms with E-state index in [1.165, 1.54) is 11.3 Å². The average molecular weight is 398 g/mol. The van der Waals surface area contributed by atoms with Crippen molar-refractivity contribution in [2.24, 2.45) is 0 Å². The predicted octanol–water partition coefficient (Wildman–Crippen LogP) is 2.87. The maximum Gasteiger partial charge on any atom is 0.253 e. The summed E-state index contributed by atoms with van der Waals surface area (Å²) in [5, 5.41) is 2.63. The summed E-state index contributed by atoms with van der Waals surface area (Å²) in [5.74, 6) is -0.317. The Morgan fingerprint density at radius 2 is 1.94 bits per heavy atom. The molecule has 0 radical (unpaired) electrons. The quantitative estimate of drug-likeness (QED) is 0.830. The lowest BCUT2D eigenvalue weighted by molar-refractivity contribution is -0.129. The van der Waals surface area contributed by atoms with E-state index in [4.69, 9.17) is 0 Å². The van der Waals surface area contributed by atoms with Gasteiger partial charge < -0.3 is 10.2 Å². The van der Waals surface area contributed by atoms with Crippen molar-refractivity contribution in [2.75, 3.05) is 19.6 Å². The van der Waals surface area contributed by atoms with Crippen LogP contribution in [0.1, 0.15) is 24.2 Å². The fourth-order valence-electron chi connectivity index (χ4n) is 1.43. The molecule has 4 nitrogen and oxygen atoms in total. The second-order valence-electron chi connectivity index (χ2n) is 3.49. The van der Waals surface area contributed by atoms with E-state index in [9.17, 15) is 9.59 Å². The topological polar surface area (TPSA) is 49.4 Å². The van der Waals surface area contributed by atoms with Gasteiger partial charge in [-0.25, -0.2) is 0 Å². The number of nitrogens with one attached hydrogen (secondary N) is 1. The number of amides is 2. The van der Waals surface area contributed by atoms with Crippen LogP contribution in [0.3, 0.4) is 0 Å². The van der Waals surface area contributed by atoms with Gasteiger partial charge in [0.05, 0.1) is 19.7 Å². The Bertz CT molecular complexity index is 444. The molecule has 7 heteroatoms. The number of hydrogen-bond donors (Lipinski definition) is 1. The SMILES string of the molecule is CCN(CC)C(=O)CNC(=O)c1cc(Br)sc1Br. The smallest absolute Gasteiger partial charge is 0.253 e. The van der Waals surface area contributed by atoms with Gasteiger partial charge in [0.2, 0.25) is 5.91 Å². The number of thiophene rings is 1. The maximum absolute atomic E-state index is 11.9.